The SMILES string of the molecule is COc1cc(F)c([C@H]2CNC(=O)[C@@H]2NC(=O)Nc2ccc(F)cc2)c(F)c1. The molecule has 142 valence electrons. The van der Waals surface area contributed by atoms with Crippen LogP contribution in [0.2, 0.25) is 0 Å². The van der Waals surface area contributed by atoms with Gasteiger partial charge >= 0.3 is 6.03 Å². The first-order valence-electron chi connectivity index (χ1n) is 8.02. The lowest BCUT2D eigenvalue weighted by atomic mass is 9.93. The van der Waals surface area contributed by atoms with Gasteiger partial charge in [0.1, 0.15) is 29.2 Å². The van der Waals surface area contributed by atoms with E-state index in [2.05, 4.69) is 16.0 Å². The van der Waals surface area contributed by atoms with Crippen LogP contribution in [0.15, 0.2) is 36.4 Å². The first-order chi connectivity index (χ1) is 12.9. The maximum Gasteiger partial charge on any atom is 0.319 e. The summed E-state index contributed by atoms with van der Waals surface area (Å²) in [6.07, 6.45) is 0. The lowest BCUT2D eigenvalue weighted by Gasteiger charge is -2.20. The number of rotatable bonds is 4. The van der Waals surface area contributed by atoms with Gasteiger partial charge in [0, 0.05) is 35.8 Å². The Bertz CT molecular complexity index is 851. The van der Waals surface area contributed by atoms with Crippen LogP contribution in [0.1, 0.15) is 11.5 Å². The van der Waals surface area contributed by atoms with Crippen molar-refractivity contribution in [2.24, 2.45) is 0 Å². The highest BCUT2D eigenvalue weighted by atomic mass is 19.1. The summed E-state index contributed by atoms with van der Waals surface area (Å²) in [7, 11) is 1.28. The molecule has 0 spiro atoms. The average Bonchev–Trinajstić information content (AvgIpc) is 2.97. The third kappa shape index (κ3) is 3.97. The molecule has 6 nitrogen and oxygen atoms in total. The molecule has 2 aromatic carbocycles. The zero-order valence-electron chi connectivity index (χ0n) is 14.2. The van der Waals surface area contributed by atoms with Crippen LogP contribution in [-0.4, -0.2) is 31.6 Å². The molecule has 0 saturated carbocycles. The van der Waals surface area contributed by atoms with Crippen LogP contribution in [-0.2, 0) is 4.79 Å². The van der Waals surface area contributed by atoms with E-state index in [9.17, 15) is 22.8 Å². The fourth-order valence-electron chi connectivity index (χ4n) is 2.93. The van der Waals surface area contributed by atoms with Crippen molar-refractivity contribution in [2.75, 3.05) is 19.0 Å². The molecular formula is C18H16F3N3O3. The molecule has 1 saturated heterocycles. The molecule has 1 aliphatic heterocycles. The van der Waals surface area contributed by atoms with Gasteiger partial charge in [-0.25, -0.2) is 18.0 Å². The highest BCUT2D eigenvalue weighted by Gasteiger charge is 2.40. The monoisotopic (exact) mass is 379 g/mol. The number of anilines is 1. The van der Waals surface area contributed by atoms with Crippen molar-refractivity contribution < 1.29 is 27.5 Å². The number of ether oxygens (including phenoxy) is 1. The molecule has 0 radical (unpaired) electrons. The first-order valence-corrected chi connectivity index (χ1v) is 8.02. The number of halogens is 3. The van der Waals surface area contributed by atoms with Crippen molar-refractivity contribution >= 4 is 17.6 Å². The van der Waals surface area contributed by atoms with Crippen LogP contribution in [0.25, 0.3) is 0 Å². The summed E-state index contributed by atoms with van der Waals surface area (Å²) in [5.41, 5.74) is -0.0214. The van der Waals surface area contributed by atoms with Crippen LogP contribution in [0.5, 0.6) is 5.75 Å². The average molecular weight is 379 g/mol. The fourth-order valence-corrected chi connectivity index (χ4v) is 2.93. The number of carbonyl (C=O) groups excluding carboxylic acids is 2. The number of urea groups is 1. The minimum absolute atomic E-state index is 0.00425. The van der Waals surface area contributed by atoms with Gasteiger partial charge in [-0.1, -0.05) is 0 Å². The summed E-state index contributed by atoms with van der Waals surface area (Å²) >= 11 is 0. The number of carbonyl (C=O) groups is 2. The van der Waals surface area contributed by atoms with E-state index in [1.165, 1.54) is 19.2 Å². The molecule has 0 bridgehead atoms. The Morgan fingerprint density at radius 1 is 1.15 bits per heavy atom. The summed E-state index contributed by atoms with van der Waals surface area (Å²) in [4.78, 5) is 24.2. The molecule has 2 aromatic rings. The summed E-state index contributed by atoms with van der Waals surface area (Å²) in [6, 6.07) is 5.07. The Kier molecular flexibility index (Phi) is 5.20. The molecule has 3 N–H and O–H groups in total. The number of methoxy groups -OCH3 is 1. The summed E-state index contributed by atoms with van der Waals surface area (Å²) < 4.78 is 46.4. The van der Waals surface area contributed by atoms with E-state index in [4.69, 9.17) is 4.74 Å². The second-order valence-electron chi connectivity index (χ2n) is 5.94. The van der Waals surface area contributed by atoms with Gasteiger partial charge in [-0.15, -0.1) is 0 Å². The van der Waals surface area contributed by atoms with Gasteiger partial charge < -0.3 is 20.7 Å². The summed E-state index contributed by atoms with van der Waals surface area (Å²) in [5.74, 6) is -3.73. The van der Waals surface area contributed by atoms with Crippen LogP contribution < -0.4 is 20.7 Å². The number of benzene rings is 2. The van der Waals surface area contributed by atoms with Gasteiger partial charge in [0.05, 0.1) is 7.11 Å². The van der Waals surface area contributed by atoms with E-state index in [0.29, 0.717) is 5.69 Å². The van der Waals surface area contributed by atoms with Crippen molar-refractivity contribution in [1.82, 2.24) is 10.6 Å². The van der Waals surface area contributed by atoms with E-state index in [0.717, 1.165) is 24.3 Å². The minimum atomic E-state index is -1.18. The van der Waals surface area contributed by atoms with E-state index in [1.807, 2.05) is 0 Å². The van der Waals surface area contributed by atoms with E-state index >= 15 is 0 Å². The molecule has 0 aromatic heterocycles. The van der Waals surface area contributed by atoms with Crippen molar-refractivity contribution in [2.45, 2.75) is 12.0 Å². The molecule has 3 rings (SSSR count). The van der Waals surface area contributed by atoms with Crippen molar-refractivity contribution in [1.29, 1.82) is 0 Å². The molecule has 2 atom stereocenters. The second-order valence-corrected chi connectivity index (χ2v) is 5.94. The third-order valence-corrected chi connectivity index (χ3v) is 4.23. The predicted octanol–water partition coefficient (Wildman–Crippen LogP) is 2.52. The number of amides is 3. The van der Waals surface area contributed by atoms with Crippen LogP contribution >= 0.6 is 0 Å². The molecule has 1 fully saturated rings. The predicted molar refractivity (Wildman–Crippen MR) is 91.0 cm³/mol. The first kappa shape index (κ1) is 18.6. The molecule has 3 amide bonds. The van der Waals surface area contributed by atoms with Crippen LogP contribution in [0, 0.1) is 17.5 Å². The smallest absolute Gasteiger partial charge is 0.319 e. The van der Waals surface area contributed by atoms with Gasteiger partial charge in [0.25, 0.3) is 0 Å². The minimum Gasteiger partial charge on any atom is -0.497 e. The number of hydrogen-bond donors (Lipinski definition) is 3. The highest BCUT2D eigenvalue weighted by molar-refractivity contribution is 5.95. The van der Waals surface area contributed by atoms with Gasteiger partial charge in [0.2, 0.25) is 5.91 Å². The number of nitrogens with one attached hydrogen (secondary N) is 3. The number of hydrogen-bond acceptors (Lipinski definition) is 3. The van der Waals surface area contributed by atoms with E-state index in [-0.39, 0.29) is 17.9 Å². The van der Waals surface area contributed by atoms with Crippen molar-refractivity contribution in [3.05, 3.63) is 59.4 Å². The van der Waals surface area contributed by atoms with Gasteiger partial charge in [0.15, 0.2) is 0 Å². The topological polar surface area (TPSA) is 79.5 Å². The molecule has 1 heterocycles. The molecule has 9 heteroatoms. The van der Waals surface area contributed by atoms with Crippen LogP contribution in [0.4, 0.5) is 23.7 Å². The molecule has 0 aliphatic carbocycles. The highest BCUT2D eigenvalue weighted by Crippen LogP contribution is 2.31. The Hall–Kier alpha value is -3.23. The van der Waals surface area contributed by atoms with Crippen LogP contribution in [0.3, 0.4) is 0 Å². The Morgan fingerprint density at radius 3 is 2.37 bits per heavy atom. The molecule has 27 heavy (non-hydrogen) atoms. The molecular weight excluding hydrogens is 363 g/mol. The van der Waals surface area contributed by atoms with Gasteiger partial charge in [-0.3, -0.25) is 4.79 Å². The standard InChI is InChI=1S/C18H16F3N3O3/c1-27-11-6-13(20)15(14(21)7-11)12-8-22-17(25)16(12)24-18(26)23-10-4-2-9(19)3-5-10/h2-7,12,16H,8H2,1H3,(H,22,25)(H2,23,24,26)/t12-,16-/m1/s1. The quantitative estimate of drug-likeness (QED) is 0.764. The van der Waals surface area contributed by atoms with Gasteiger partial charge in [-0.2, -0.15) is 0 Å². The Morgan fingerprint density at radius 2 is 1.78 bits per heavy atom. The van der Waals surface area contributed by atoms with Gasteiger partial charge in [-0.05, 0) is 24.3 Å². The maximum absolute atomic E-state index is 14.3. The normalized spacial score (nSPS) is 18.7. The zero-order valence-corrected chi connectivity index (χ0v) is 14.2. The molecule has 0 unspecified atom stereocenters. The second kappa shape index (κ2) is 7.56. The summed E-state index contributed by atoms with van der Waals surface area (Å²) in [6.45, 7) is -0.0412. The zero-order chi connectivity index (χ0) is 19.6. The molecule has 1 aliphatic rings. The lowest BCUT2D eigenvalue weighted by molar-refractivity contribution is -0.120. The Balaban J connectivity index is 1.78. The van der Waals surface area contributed by atoms with Crippen molar-refractivity contribution in [3.63, 3.8) is 0 Å². The fraction of sp³-hybridized carbons (Fsp3) is 0.222. The largest absolute Gasteiger partial charge is 0.497 e. The van der Waals surface area contributed by atoms with E-state index < -0.39 is 41.3 Å². The summed E-state index contributed by atoms with van der Waals surface area (Å²) in [5, 5.41) is 7.32. The van der Waals surface area contributed by atoms with E-state index in [1.54, 1.807) is 0 Å². The lowest BCUT2D eigenvalue weighted by Crippen LogP contribution is -2.45. The maximum atomic E-state index is 14.3. The third-order valence-electron chi connectivity index (χ3n) is 4.23. The van der Waals surface area contributed by atoms with Crippen molar-refractivity contribution in [3.8, 4) is 5.75 Å². The Labute approximate surface area is 152 Å².